The van der Waals surface area contributed by atoms with Gasteiger partial charge in [-0.15, -0.1) is 0 Å². The summed E-state index contributed by atoms with van der Waals surface area (Å²) in [6.45, 7) is 0.0391. The van der Waals surface area contributed by atoms with Crippen molar-refractivity contribution in [2.45, 2.75) is 17.7 Å². The molecule has 29 heavy (non-hydrogen) atoms. The summed E-state index contributed by atoms with van der Waals surface area (Å²) in [5.41, 5.74) is -0.269. The van der Waals surface area contributed by atoms with E-state index in [9.17, 15) is 26.4 Å². The molecule has 0 unspecified atom stereocenters. The molecule has 1 saturated heterocycles. The van der Waals surface area contributed by atoms with Gasteiger partial charge in [-0.25, -0.2) is 21.6 Å². The molecule has 6 nitrogen and oxygen atoms in total. The van der Waals surface area contributed by atoms with Crippen molar-refractivity contribution in [3.05, 3.63) is 53.8 Å². The van der Waals surface area contributed by atoms with Gasteiger partial charge in [-0.05, 0) is 43.2 Å². The molecule has 2 aromatic rings. The highest BCUT2D eigenvalue weighted by atomic mass is 32.2. The van der Waals surface area contributed by atoms with E-state index in [1.807, 2.05) is 0 Å². The standard InChI is InChI=1S/C19H19F3N2O4S/c1-28-17-5-3-14(21)11-18(17)29(26,27)24-8-6-12(7-9-24)19(25)23-16-10-13(20)2-4-15(16)22/h2-5,10-12H,6-9H2,1H3,(H,23,25). The van der Waals surface area contributed by atoms with Crippen LogP contribution in [0.4, 0.5) is 18.9 Å². The third-order valence-corrected chi connectivity index (χ3v) is 6.67. The van der Waals surface area contributed by atoms with Crippen LogP contribution in [0.3, 0.4) is 0 Å². The highest BCUT2D eigenvalue weighted by Crippen LogP contribution is 2.30. The van der Waals surface area contributed by atoms with Crippen molar-refractivity contribution in [1.82, 2.24) is 4.31 Å². The van der Waals surface area contributed by atoms with Gasteiger partial charge in [0.05, 0.1) is 12.8 Å². The second-order valence-corrected chi connectivity index (χ2v) is 8.49. The minimum atomic E-state index is -4.02. The number of benzene rings is 2. The Labute approximate surface area is 166 Å². The van der Waals surface area contributed by atoms with Crippen LogP contribution in [0, 0.1) is 23.4 Å². The molecule has 3 rings (SSSR count). The lowest BCUT2D eigenvalue weighted by Crippen LogP contribution is -2.41. The summed E-state index contributed by atoms with van der Waals surface area (Å²) < 4.78 is 72.4. The monoisotopic (exact) mass is 428 g/mol. The zero-order valence-corrected chi connectivity index (χ0v) is 16.3. The third-order valence-electron chi connectivity index (χ3n) is 4.75. The SMILES string of the molecule is COc1ccc(F)cc1S(=O)(=O)N1CCC(C(=O)Nc2cc(F)ccc2F)CC1. The minimum absolute atomic E-state index is 0.0196. The Kier molecular flexibility index (Phi) is 6.13. The molecule has 2 aromatic carbocycles. The zero-order valence-electron chi connectivity index (χ0n) is 15.5. The maximum atomic E-state index is 13.7. The Morgan fingerprint density at radius 2 is 1.69 bits per heavy atom. The summed E-state index contributed by atoms with van der Waals surface area (Å²) in [6, 6.07) is 5.94. The van der Waals surface area contributed by atoms with E-state index in [0.717, 1.165) is 34.6 Å². The lowest BCUT2D eigenvalue weighted by molar-refractivity contribution is -0.120. The fraction of sp³-hybridized carbons (Fsp3) is 0.316. The molecule has 1 aliphatic heterocycles. The van der Waals surface area contributed by atoms with E-state index in [4.69, 9.17) is 4.74 Å². The zero-order chi connectivity index (χ0) is 21.2. The summed E-state index contributed by atoms with van der Waals surface area (Å²) in [7, 11) is -2.73. The number of hydrogen-bond acceptors (Lipinski definition) is 4. The number of nitrogens with zero attached hydrogens (tertiary/aromatic N) is 1. The third kappa shape index (κ3) is 4.54. The summed E-state index contributed by atoms with van der Waals surface area (Å²) in [5.74, 6) is -3.23. The predicted octanol–water partition coefficient (Wildman–Crippen LogP) is 3.15. The van der Waals surface area contributed by atoms with E-state index < -0.39 is 39.3 Å². The van der Waals surface area contributed by atoms with Gasteiger partial charge in [-0.1, -0.05) is 0 Å². The number of carbonyl (C=O) groups excluding carboxylic acids is 1. The van der Waals surface area contributed by atoms with Gasteiger partial charge in [-0.3, -0.25) is 4.79 Å². The van der Waals surface area contributed by atoms with E-state index in [1.54, 1.807) is 0 Å². The molecular formula is C19H19F3N2O4S. The van der Waals surface area contributed by atoms with Gasteiger partial charge in [0.1, 0.15) is 28.1 Å². The molecule has 0 atom stereocenters. The van der Waals surface area contributed by atoms with Crippen LogP contribution in [-0.2, 0) is 14.8 Å². The van der Waals surface area contributed by atoms with Crippen LogP contribution in [0.15, 0.2) is 41.3 Å². The Hall–Kier alpha value is -2.59. The van der Waals surface area contributed by atoms with Gasteiger partial charge in [-0.2, -0.15) is 4.31 Å². The molecule has 0 spiro atoms. The lowest BCUT2D eigenvalue weighted by atomic mass is 9.97. The fourth-order valence-corrected chi connectivity index (χ4v) is 4.81. The van der Waals surface area contributed by atoms with Crippen LogP contribution < -0.4 is 10.1 Å². The van der Waals surface area contributed by atoms with Crippen molar-refractivity contribution >= 4 is 21.6 Å². The molecule has 1 aliphatic rings. The topological polar surface area (TPSA) is 75.7 Å². The van der Waals surface area contributed by atoms with Gasteiger partial charge in [0, 0.05) is 25.1 Å². The van der Waals surface area contributed by atoms with Crippen molar-refractivity contribution < 1.29 is 31.1 Å². The first kappa shape index (κ1) is 21.1. The maximum Gasteiger partial charge on any atom is 0.246 e. The van der Waals surface area contributed by atoms with Gasteiger partial charge in [0.2, 0.25) is 15.9 Å². The second kappa shape index (κ2) is 8.42. The number of rotatable bonds is 5. The number of nitrogens with one attached hydrogen (secondary N) is 1. The Bertz CT molecular complexity index is 1020. The Balaban J connectivity index is 1.69. The van der Waals surface area contributed by atoms with Crippen LogP contribution in [-0.4, -0.2) is 38.8 Å². The largest absolute Gasteiger partial charge is 0.495 e. The maximum absolute atomic E-state index is 13.7. The van der Waals surface area contributed by atoms with E-state index in [0.29, 0.717) is 0 Å². The molecule has 0 saturated carbocycles. The van der Waals surface area contributed by atoms with Crippen molar-refractivity contribution in [3.63, 3.8) is 0 Å². The van der Waals surface area contributed by atoms with Crippen LogP contribution in [0.1, 0.15) is 12.8 Å². The Morgan fingerprint density at radius 1 is 1.07 bits per heavy atom. The van der Waals surface area contributed by atoms with Gasteiger partial charge < -0.3 is 10.1 Å². The summed E-state index contributed by atoms with van der Waals surface area (Å²) >= 11 is 0. The van der Waals surface area contributed by atoms with E-state index >= 15 is 0 Å². The van der Waals surface area contributed by atoms with E-state index in [2.05, 4.69) is 5.32 Å². The number of ether oxygens (including phenoxy) is 1. The van der Waals surface area contributed by atoms with Crippen molar-refractivity contribution in [1.29, 1.82) is 0 Å². The molecule has 10 heteroatoms. The van der Waals surface area contributed by atoms with Crippen molar-refractivity contribution in [3.8, 4) is 5.75 Å². The highest BCUT2D eigenvalue weighted by Gasteiger charge is 2.34. The molecule has 1 amide bonds. The number of carbonyl (C=O) groups is 1. The van der Waals surface area contributed by atoms with Crippen LogP contribution in [0.25, 0.3) is 0 Å². The molecule has 0 aromatic heterocycles. The normalized spacial score (nSPS) is 15.9. The fourth-order valence-electron chi connectivity index (χ4n) is 3.18. The van der Waals surface area contributed by atoms with Gasteiger partial charge in [0.25, 0.3) is 0 Å². The minimum Gasteiger partial charge on any atom is -0.495 e. The summed E-state index contributed by atoms with van der Waals surface area (Å²) in [6.07, 6.45) is 0.360. The average Bonchev–Trinajstić information content (AvgIpc) is 2.70. The number of hydrogen-bond donors (Lipinski definition) is 1. The second-order valence-electron chi connectivity index (χ2n) is 6.59. The smallest absolute Gasteiger partial charge is 0.246 e. The summed E-state index contributed by atoms with van der Waals surface area (Å²) in [4.78, 5) is 12.1. The van der Waals surface area contributed by atoms with E-state index in [1.165, 1.54) is 13.2 Å². The average molecular weight is 428 g/mol. The molecule has 1 fully saturated rings. The molecule has 0 aliphatic carbocycles. The first-order valence-electron chi connectivity index (χ1n) is 8.82. The number of halogens is 3. The van der Waals surface area contributed by atoms with Crippen LogP contribution in [0.5, 0.6) is 5.75 Å². The number of amides is 1. The molecule has 156 valence electrons. The molecule has 0 radical (unpaired) electrons. The number of piperidine rings is 1. The molecule has 1 N–H and O–H groups in total. The van der Waals surface area contributed by atoms with Gasteiger partial charge >= 0.3 is 0 Å². The highest BCUT2D eigenvalue weighted by molar-refractivity contribution is 7.89. The van der Waals surface area contributed by atoms with Crippen LogP contribution >= 0.6 is 0 Å². The molecular weight excluding hydrogens is 409 g/mol. The lowest BCUT2D eigenvalue weighted by Gasteiger charge is -2.30. The molecule has 1 heterocycles. The van der Waals surface area contributed by atoms with Crippen LogP contribution in [0.2, 0.25) is 0 Å². The van der Waals surface area contributed by atoms with Crippen molar-refractivity contribution in [2.75, 3.05) is 25.5 Å². The van der Waals surface area contributed by atoms with Crippen molar-refractivity contribution in [2.24, 2.45) is 5.92 Å². The number of methoxy groups -OCH3 is 1. The first-order chi connectivity index (χ1) is 13.7. The Morgan fingerprint density at radius 3 is 2.34 bits per heavy atom. The predicted molar refractivity (Wildman–Crippen MR) is 99.4 cm³/mol. The van der Waals surface area contributed by atoms with E-state index in [-0.39, 0.29) is 42.3 Å². The summed E-state index contributed by atoms with van der Waals surface area (Å²) in [5, 5.41) is 2.34. The van der Waals surface area contributed by atoms with Gasteiger partial charge in [0.15, 0.2) is 0 Å². The number of anilines is 1. The molecule has 0 bridgehead atoms. The number of sulfonamides is 1. The first-order valence-corrected chi connectivity index (χ1v) is 10.3. The quantitative estimate of drug-likeness (QED) is 0.794.